The third-order valence-corrected chi connectivity index (χ3v) is 4.39. The Balaban J connectivity index is 1.57. The number of rotatable bonds is 7. The molecular weight excluding hydrogens is 370 g/mol. The number of nitrogens with zero attached hydrogens (tertiary/aromatic N) is 2. The first-order valence-corrected chi connectivity index (χ1v) is 8.65. The maximum absolute atomic E-state index is 12.3. The number of benzene rings is 1. The smallest absolute Gasteiger partial charge is 0.272 e. The molecule has 27 heavy (non-hydrogen) atoms. The van der Waals surface area contributed by atoms with Gasteiger partial charge in [-0.3, -0.25) is 15.0 Å². The summed E-state index contributed by atoms with van der Waals surface area (Å²) in [4.78, 5) is 12.3. The lowest BCUT2D eigenvalue weighted by atomic mass is 10.2. The molecule has 0 fully saturated rings. The molecule has 0 spiro atoms. The van der Waals surface area contributed by atoms with Gasteiger partial charge < -0.3 is 14.8 Å². The summed E-state index contributed by atoms with van der Waals surface area (Å²) >= 11 is 6.14. The third-order valence-electron chi connectivity index (χ3n) is 4.09. The zero-order chi connectivity index (χ0) is 19.4. The van der Waals surface area contributed by atoms with E-state index >= 15 is 0 Å². The van der Waals surface area contributed by atoms with Gasteiger partial charge >= 0.3 is 0 Å². The molecule has 8 nitrogen and oxygen atoms in total. The Morgan fingerprint density at radius 2 is 2.04 bits per heavy atom. The summed E-state index contributed by atoms with van der Waals surface area (Å²) in [5, 5.41) is 17.1. The number of carbonyl (C=O) groups excluding carboxylic acids is 1. The van der Waals surface area contributed by atoms with Crippen LogP contribution in [0.1, 0.15) is 33.1 Å². The molecule has 0 radical (unpaired) electrons. The molecule has 2 aromatic heterocycles. The van der Waals surface area contributed by atoms with Crippen LogP contribution in [0.25, 0.3) is 0 Å². The Bertz CT molecular complexity index is 931. The molecule has 0 atom stereocenters. The molecule has 9 heteroatoms. The van der Waals surface area contributed by atoms with E-state index in [4.69, 9.17) is 21.1 Å². The minimum absolute atomic E-state index is 0.201. The van der Waals surface area contributed by atoms with Gasteiger partial charge in [0.1, 0.15) is 23.8 Å². The predicted octanol–water partition coefficient (Wildman–Crippen LogP) is 2.92. The standard InChI is InChI=1S/C18H20ClN5O3/c1-10-14(11(2)22-21-10)8-20-18(25)16-6-12(23-24-16)9-27-17-5-4-13(26-3)7-15(17)19/h4-7H,8-9H2,1-3H3,(H,20,25)(H,21,22)(H,23,24). The number of hydrogen-bond acceptors (Lipinski definition) is 5. The minimum atomic E-state index is -0.278. The maximum Gasteiger partial charge on any atom is 0.272 e. The molecule has 0 saturated carbocycles. The number of halogens is 1. The lowest BCUT2D eigenvalue weighted by Gasteiger charge is -2.08. The molecule has 142 valence electrons. The molecule has 0 aliphatic heterocycles. The highest BCUT2D eigenvalue weighted by Crippen LogP contribution is 2.29. The summed E-state index contributed by atoms with van der Waals surface area (Å²) in [6.45, 7) is 4.38. The van der Waals surface area contributed by atoms with Gasteiger partial charge in [0.05, 0.1) is 23.5 Å². The van der Waals surface area contributed by atoms with E-state index in [2.05, 4.69) is 25.7 Å². The number of ether oxygens (including phenoxy) is 2. The lowest BCUT2D eigenvalue weighted by molar-refractivity contribution is 0.0946. The van der Waals surface area contributed by atoms with Crippen molar-refractivity contribution in [1.82, 2.24) is 25.7 Å². The van der Waals surface area contributed by atoms with Gasteiger partial charge in [0.2, 0.25) is 0 Å². The van der Waals surface area contributed by atoms with Crippen LogP contribution < -0.4 is 14.8 Å². The monoisotopic (exact) mass is 389 g/mol. The largest absolute Gasteiger partial charge is 0.497 e. The van der Waals surface area contributed by atoms with Crippen molar-refractivity contribution in [2.45, 2.75) is 27.0 Å². The van der Waals surface area contributed by atoms with Crippen LogP contribution >= 0.6 is 11.6 Å². The van der Waals surface area contributed by atoms with Crippen LogP contribution in [0.3, 0.4) is 0 Å². The molecule has 0 bridgehead atoms. The van der Waals surface area contributed by atoms with Crippen LogP contribution in [-0.2, 0) is 13.2 Å². The van der Waals surface area contributed by atoms with Crippen molar-refractivity contribution >= 4 is 17.5 Å². The number of carbonyl (C=O) groups is 1. The van der Waals surface area contributed by atoms with Crippen LogP contribution in [0, 0.1) is 13.8 Å². The van der Waals surface area contributed by atoms with Crippen molar-refractivity contribution in [1.29, 1.82) is 0 Å². The van der Waals surface area contributed by atoms with Crippen molar-refractivity contribution in [3.8, 4) is 11.5 Å². The highest BCUT2D eigenvalue weighted by molar-refractivity contribution is 6.32. The first-order chi connectivity index (χ1) is 13.0. The van der Waals surface area contributed by atoms with Crippen molar-refractivity contribution in [2.24, 2.45) is 0 Å². The Labute approximate surface area is 161 Å². The Kier molecular flexibility index (Phi) is 5.66. The van der Waals surface area contributed by atoms with Gasteiger partial charge in [0, 0.05) is 23.9 Å². The van der Waals surface area contributed by atoms with E-state index in [1.807, 2.05) is 13.8 Å². The molecule has 0 aliphatic carbocycles. The van der Waals surface area contributed by atoms with Crippen molar-refractivity contribution in [3.05, 3.63) is 57.6 Å². The van der Waals surface area contributed by atoms with E-state index in [0.29, 0.717) is 28.8 Å². The summed E-state index contributed by atoms with van der Waals surface area (Å²) in [5.74, 6) is 0.889. The molecule has 3 aromatic rings. The van der Waals surface area contributed by atoms with Crippen molar-refractivity contribution in [3.63, 3.8) is 0 Å². The molecule has 2 heterocycles. The number of nitrogens with one attached hydrogen (secondary N) is 3. The van der Waals surface area contributed by atoms with Gasteiger partial charge in [-0.2, -0.15) is 10.2 Å². The lowest BCUT2D eigenvalue weighted by Crippen LogP contribution is -2.23. The van der Waals surface area contributed by atoms with E-state index in [-0.39, 0.29) is 18.2 Å². The van der Waals surface area contributed by atoms with Gasteiger partial charge in [-0.05, 0) is 32.0 Å². The van der Waals surface area contributed by atoms with E-state index in [9.17, 15) is 4.79 Å². The van der Waals surface area contributed by atoms with Gasteiger partial charge in [-0.25, -0.2) is 0 Å². The molecule has 1 amide bonds. The summed E-state index contributed by atoms with van der Waals surface area (Å²) < 4.78 is 10.8. The second kappa shape index (κ2) is 8.13. The highest BCUT2D eigenvalue weighted by Gasteiger charge is 2.13. The number of hydrogen-bond donors (Lipinski definition) is 3. The number of H-pyrrole nitrogens is 2. The van der Waals surface area contributed by atoms with Crippen molar-refractivity contribution in [2.75, 3.05) is 7.11 Å². The molecule has 3 rings (SSSR count). The summed E-state index contributed by atoms with van der Waals surface area (Å²) in [5.41, 5.74) is 3.70. The van der Waals surface area contributed by atoms with Gasteiger partial charge in [0.25, 0.3) is 5.91 Å². The van der Waals surface area contributed by atoms with Crippen LogP contribution in [0.2, 0.25) is 5.02 Å². The SMILES string of the molecule is COc1ccc(OCc2cc(C(=O)NCc3c(C)n[nH]c3C)n[nH]2)c(Cl)c1. The zero-order valence-electron chi connectivity index (χ0n) is 15.2. The number of methoxy groups -OCH3 is 1. The summed E-state index contributed by atoms with van der Waals surface area (Å²) in [6.07, 6.45) is 0. The topological polar surface area (TPSA) is 105 Å². The molecule has 0 saturated heterocycles. The van der Waals surface area contributed by atoms with E-state index < -0.39 is 0 Å². The second-order valence-electron chi connectivity index (χ2n) is 5.96. The zero-order valence-corrected chi connectivity index (χ0v) is 16.0. The molecular formula is C18H20ClN5O3. The van der Waals surface area contributed by atoms with Crippen LogP contribution in [0.15, 0.2) is 24.3 Å². The fourth-order valence-corrected chi connectivity index (χ4v) is 2.75. The highest BCUT2D eigenvalue weighted by atomic mass is 35.5. The average Bonchev–Trinajstić information content (AvgIpc) is 3.26. The molecule has 1 aromatic carbocycles. The van der Waals surface area contributed by atoms with E-state index in [0.717, 1.165) is 17.0 Å². The first-order valence-electron chi connectivity index (χ1n) is 8.27. The molecule has 0 unspecified atom stereocenters. The van der Waals surface area contributed by atoms with Crippen LogP contribution in [0.5, 0.6) is 11.5 Å². The number of aromatic nitrogens is 4. The number of aromatic amines is 2. The quantitative estimate of drug-likeness (QED) is 0.576. The van der Waals surface area contributed by atoms with Gasteiger partial charge in [-0.15, -0.1) is 0 Å². The van der Waals surface area contributed by atoms with E-state index in [1.54, 1.807) is 31.4 Å². The van der Waals surface area contributed by atoms with Crippen LogP contribution in [-0.4, -0.2) is 33.4 Å². The van der Waals surface area contributed by atoms with Gasteiger partial charge in [0.15, 0.2) is 0 Å². The van der Waals surface area contributed by atoms with Crippen LogP contribution in [0.4, 0.5) is 0 Å². The Morgan fingerprint density at radius 3 is 2.70 bits per heavy atom. The predicted molar refractivity (Wildman–Crippen MR) is 100 cm³/mol. The number of amides is 1. The number of aryl methyl sites for hydroxylation is 2. The Morgan fingerprint density at radius 1 is 1.22 bits per heavy atom. The molecule has 3 N–H and O–H groups in total. The first kappa shape index (κ1) is 18.8. The summed E-state index contributed by atoms with van der Waals surface area (Å²) in [7, 11) is 1.57. The molecule has 0 aliphatic rings. The normalized spacial score (nSPS) is 10.7. The maximum atomic E-state index is 12.3. The Hall–Kier alpha value is -3.00. The summed E-state index contributed by atoms with van der Waals surface area (Å²) in [6, 6.07) is 6.79. The van der Waals surface area contributed by atoms with Gasteiger partial charge in [-0.1, -0.05) is 11.6 Å². The van der Waals surface area contributed by atoms with Crippen molar-refractivity contribution < 1.29 is 14.3 Å². The fraction of sp³-hybridized carbons (Fsp3) is 0.278. The van der Waals surface area contributed by atoms with E-state index in [1.165, 1.54) is 0 Å². The second-order valence-corrected chi connectivity index (χ2v) is 6.37. The fourth-order valence-electron chi connectivity index (χ4n) is 2.53. The minimum Gasteiger partial charge on any atom is -0.497 e. The average molecular weight is 390 g/mol. The third kappa shape index (κ3) is 4.40.